The molecule has 4 aromatic rings. The highest BCUT2D eigenvalue weighted by Crippen LogP contribution is 2.19. The van der Waals surface area contributed by atoms with Crippen LogP contribution in [0.3, 0.4) is 0 Å². The van der Waals surface area contributed by atoms with Crippen molar-refractivity contribution in [2.45, 2.75) is 6.54 Å². The highest BCUT2D eigenvalue weighted by molar-refractivity contribution is 7.71. The second kappa shape index (κ2) is 7.91. The maximum atomic E-state index is 12.5. The molecule has 0 radical (unpaired) electrons. The molecule has 0 fully saturated rings. The van der Waals surface area contributed by atoms with Crippen LogP contribution in [0.2, 0.25) is 0 Å². The number of rotatable bonds is 5. The summed E-state index contributed by atoms with van der Waals surface area (Å²) in [5.74, 6) is 1.48. The molecule has 0 unspecified atom stereocenters. The fraction of sp³-hybridized carbons (Fsp3) is 0.150. The topological polar surface area (TPSA) is 118 Å². The molecule has 9 nitrogen and oxygen atoms in total. The number of nitrogens with one attached hydrogen (secondary N) is 3. The van der Waals surface area contributed by atoms with Crippen molar-refractivity contribution in [2.24, 2.45) is 7.05 Å². The third-order valence-corrected chi connectivity index (χ3v) is 5.04. The van der Waals surface area contributed by atoms with Crippen LogP contribution in [0.25, 0.3) is 22.3 Å². The zero-order chi connectivity index (χ0) is 21.3. The fourth-order valence-electron chi connectivity index (χ4n) is 2.96. The van der Waals surface area contributed by atoms with Crippen molar-refractivity contribution in [3.8, 4) is 17.1 Å². The van der Waals surface area contributed by atoms with Gasteiger partial charge in [-0.05, 0) is 54.7 Å². The van der Waals surface area contributed by atoms with Crippen LogP contribution in [0.5, 0.6) is 5.75 Å². The van der Waals surface area contributed by atoms with Gasteiger partial charge in [0.25, 0.3) is 11.5 Å². The van der Waals surface area contributed by atoms with Crippen LogP contribution in [0.1, 0.15) is 16.2 Å². The number of H-pyrrole nitrogens is 2. The lowest BCUT2D eigenvalue weighted by atomic mass is 10.1. The molecule has 152 valence electrons. The van der Waals surface area contributed by atoms with Crippen LogP contribution in [-0.2, 0) is 13.6 Å². The summed E-state index contributed by atoms with van der Waals surface area (Å²) < 4.78 is 6.78. The van der Waals surface area contributed by atoms with Gasteiger partial charge in [0.2, 0.25) is 0 Å². The minimum Gasteiger partial charge on any atom is -0.497 e. The third kappa shape index (κ3) is 3.72. The van der Waals surface area contributed by atoms with Gasteiger partial charge >= 0.3 is 0 Å². The van der Waals surface area contributed by atoms with Crippen molar-refractivity contribution < 1.29 is 9.53 Å². The number of nitrogens with zero attached hydrogens (tertiary/aromatic N) is 3. The zero-order valence-corrected chi connectivity index (χ0v) is 17.0. The van der Waals surface area contributed by atoms with Crippen molar-refractivity contribution in [3.05, 3.63) is 69.0 Å². The first-order valence-electron chi connectivity index (χ1n) is 9.03. The molecule has 0 bridgehead atoms. The van der Waals surface area contributed by atoms with E-state index in [0.29, 0.717) is 28.1 Å². The Balaban J connectivity index is 1.48. The second-order valence-electron chi connectivity index (χ2n) is 6.57. The number of amides is 1. The molecule has 0 atom stereocenters. The number of carbonyl (C=O) groups is 1. The number of carbonyl (C=O) groups excluding carboxylic acids is 1. The molecule has 0 aliphatic carbocycles. The first-order valence-corrected chi connectivity index (χ1v) is 9.44. The van der Waals surface area contributed by atoms with E-state index >= 15 is 0 Å². The number of ether oxygens (including phenoxy) is 1. The standard InChI is InChI=1S/C20H18N6O3S/c1-26-19(28)14-8-5-12(9-15(14)22-20(26)30)18(27)21-10-16-23-17(25-24-16)11-3-6-13(29-2)7-4-11/h3-9H,10H2,1-2H3,(H,21,27)(H,22,30)(H,23,24,25). The van der Waals surface area contributed by atoms with Crippen molar-refractivity contribution in [1.82, 2.24) is 30.0 Å². The highest BCUT2D eigenvalue weighted by atomic mass is 32.1. The maximum Gasteiger partial charge on any atom is 0.261 e. The molecule has 0 saturated heterocycles. The number of methoxy groups -OCH3 is 1. The Kier molecular flexibility index (Phi) is 5.15. The number of benzene rings is 2. The average Bonchev–Trinajstić information content (AvgIpc) is 3.24. The van der Waals surface area contributed by atoms with E-state index in [2.05, 4.69) is 25.5 Å². The van der Waals surface area contributed by atoms with Crippen molar-refractivity contribution in [3.63, 3.8) is 0 Å². The predicted octanol–water partition coefficient (Wildman–Crippen LogP) is 2.32. The summed E-state index contributed by atoms with van der Waals surface area (Å²) in [7, 11) is 3.20. The smallest absolute Gasteiger partial charge is 0.261 e. The van der Waals surface area contributed by atoms with E-state index in [4.69, 9.17) is 17.0 Å². The lowest BCUT2D eigenvalue weighted by Crippen LogP contribution is -2.24. The average molecular weight is 422 g/mol. The van der Waals surface area contributed by atoms with Gasteiger partial charge in [0.1, 0.15) is 11.6 Å². The van der Waals surface area contributed by atoms with E-state index in [9.17, 15) is 9.59 Å². The second-order valence-corrected chi connectivity index (χ2v) is 6.96. The van der Waals surface area contributed by atoms with Crippen LogP contribution in [0.4, 0.5) is 0 Å². The van der Waals surface area contributed by atoms with Gasteiger partial charge in [-0.2, -0.15) is 5.10 Å². The first-order chi connectivity index (χ1) is 14.5. The van der Waals surface area contributed by atoms with Crippen molar-refractivity contribution in [1.29, 1.82) is 0 Å². The maximum absolute atomic E-state index is 12.5. The Morgan fingerprint density at radius 3 is 2.73 bits per heavy atom. The molecule has 30 heavy (non-hydrogen) atoms. The van der Waals surface area contributed by atoms with Gasteiger partial charge in [-0.15, -0.1) is 0 Å². The number of fused-ring (bicyclic) bond motifs is 1. The molecule has 0 aliphatic rings. The molecule has 4 rings (SSSR count). The van der Waals surface area contributed by atoms with E-state index in [-0.39, 0.29) is 22.8 Å². The van der Waals surface area contributed by atoms with Crippen LogP contribution < -0.4 is 15.6 Å². The van der Waals surface area contributed by atoms with Crippen molar-refractivity contribution in [2.75, 3.05) is 7.11 Å². The Morgan fingerprint density at radius 1 is 1.23 bits per heavy atom. The van der Waals surface area contributed by atoms with Crippen LogP contribution in [0.15, 0.2) is 47.3 Å². The van der Waals surface area contributed by atoms with E-state index in [1.807, 2.05) is 24.3 Å². The largest absolute Gasteiger partial charge is 0.497 e. The van der Waals surface area contributed by atoms with E-state index in [1.165, 1.54) is 4.57 Å². The summed E-state index contributed by atoms with van der Waals surface area (Å²) in [6, 6.07) is 12.2. The van der Waals surface area contributed by atoms with Gasteiger partial charge in [0, 0.05) is 18.2 Å². The summed E-state index contributed by atoms with van der Waals surface area (Å²) >= 11 is 5.13. The number of aromatic amines is 2. The number of hydrogen-bond donors (Lipinski definition) is 3. The highest BCUT2D eigenvalue weighted by Gasteiger charge is 2.11. The minimum absolute atomic E-state index is 0.173. The Labute approximate surface area is 175 Å². The SMILES string of the molecule is COc1ccc(-c2n[nH]c(CNC(=O)c3ccc4c(=O)n(C)c(=S)[nH]c4c3)n2)cc1. The molecule has 3 N–H and O–H groups in total. The van der Waals surface area contributed by atoms with E-state index in [1.54, 1.807) is 32.4 Å². The quantitative estimate of drug-likeness (QED) is 0.425. The molecular formula is C20H18N6O3S. The van der Waals surface area contributed by atoms with Crippen molar-refractivity contribution >= 4 is 29.0 Å². The van der Waals surface area contributed by atoms with Gasteiger partial charge in [0.05, 0.1) is 24.6 Å². The van der Waals surface area contributed by atoms with Gasteiger partial charge in [-0.25, -0.2) is 4.98 Å². The fourth-order valence-corrected chi connectivity index (χ4v) is 3.15. The minimum atomic E-state index is -0.306. The molecule has 0 saturated carbocycles. The first kappa shape index (κ1) is 19.5. The van der Waals surface area contributed by atoms with Crippen LogP contribution in [0, 0.1) is 4.77 Å². The Morgan fingerprint density at radius 2 is 2.00 bits per heavy atom. The molecule has 2 aromatic heterocycles. The summed E-state index contributed by atoms with van der Waals surface area (Å²) in [5, 5.41) is 10.2. The third-order valence-electron chi connectivity index (χ3n) is 4.66. The van der Waals surface area contributed by atoms with Gasteiger partial charge < -0.3 is 15.0 Å². The Bertz CT molecular complexity index is 1350. The molecule has 0 aliphatic heterocycles. The van der Waals surface area contributed by atoms with E-state index in [0.717, 1.165) is 11.3 Å². The summed E-state index contributed by atoms with van der Waals surface area (Å²) in [4.78, 5) is 32.1. The molecular weight excluding hydrogens is 404 g/mol. The van der Waals surface area contributed by atoms with Gasteiger partial charge in [0.15, 0.2) is 10.6 Å². The number of hydrogen-bond acceptors (Lipinski definition) is 6. The number of aromatic nitrogens is 5. The molecule has 1 amide bonds. The molecule has 0 spiro atoms. The molecule has 2 heterocycles. The summed E-state index contributed by atoms with van der Waals surface area (Å²) in [6.45, 7) is 0.173. The lowest BCUT2D eigenvalue weighted by Gasteiger charge is -2.06. The van der Waals surface area contributed by atoms with Crippen LogP contribution >= 0.6 is 12.2 Å². The molecule has 10 heteroatoms. The van der Waals surface area contributed by atoms with Gasteiger partial charge in [-0.3, -0.25) is 19.3 Å². The monoisotopic (exact) mass is 422 g/mol. The normalized spacial score (nSPS) is 10.9. The zero-order valence-electron chi connectivity index (χ0n) is 16.2. The summed E-state index contributed by atoms with van der Waals surface area (Å²) in [5.41, 5.74) is 1.53. The van der Waals surface area contributed by atoms with E-state index < -0.39 is 0 Å². The summed E-state index contributed by atoms with van der Waals surface area (Å²) in [6.07, 6.45) is 0. The van der Waals surface area contributed by atoms with Crippen LogP contribution in [-0.4, -0.2) is 37.7 Å². The Hall–Kier alpha value is -3.79. The molecule has 2 aromatic carbocycles. The lowest BCUT2D eigenvalue weighted by molar-refractivity contribution is 0.0950. The predicted molar refractivity (Wildman–Crippen MR) is 114 cm³/mol. The van der Waals surface area contributed by atoms with Gasteiger partial charge in [-0.1, -0.05) is 0 Å².